The highest BCUT2D eigenvalue weighted by molar-refractivity contribution is 5.25. The third-order valence-electron chi connectivity index (χ3n) is 3.01. The van der Waals surface area contributed by atoms with E-state index in [1.807, 2.05) is 12.1 Å². The monoisotopic (exact) mass is 232 g/mol. The molecule has 0 atom stereocenters. The molecule has 1 rings (SSSR count). The van der Waals surface area contributed by atoms with Crippen molar-refractivity contribution in [3.8, 4) is 5.75 Å². The Balaban J connectivity index is 0.00000256. The maximum absolute atomic E-state index is 9.15. The number of unbranched alkanes of at least 4 members (excludes halogenated alkanes) is 6. The molecule has 0 amide bonds. The largest absolute Gasteiger partial charge is 0.508 e. The van der Waals surface area contributed by atoms with E-state index in [1.165, 1.54) is 50.5 Å². The number of rotatable bonds is 8. The third-order valence-corrected chi connectivity index (χ3v) is 3.01. The molecule has 0 saturated carbocycles. The first-order valence-electron chi connectivity index (χ1n) is 6.61. The first kappa shape index (κ1) is 16.0. The number of phenols is 1. The molecule has 4 radical (unpaired) electrons. The van der Waals surface area contributed by atoms with E-state index in [4.69, 9.17) is 5.11 Å². The van der Waals surface area contributed by atoms with E-state index in [0.29, 0.717) is 5.75 Å². The van der Waals surface area contributed by atoms with Crippen LogP contribution in [0.2, 0.25) is 0 Å². The highest BCUT2D eigenvalue weighted by atomic mass is 16.3. The average molecular weight is 232 g/mol. The van der Waals surface area contributed by atoms with Crippen LogP contribution in [0.1, 0.15) is 57.4 Å². The van der Waals surface area contributed by atoms with Gasteiger partial charge in [-0.25, -0.2) is 0 Å². The number of phenolic OH excluding ortho intramolecular Hbond substituents is 1. The van der Waals surface area contributed by atoms with Crippen LogP contribution in [-0.2, 0) is 6.42 Å². The Hall–Kier alpha value is -0.980. The summed E-state index contributed by atoms with van der Waals surface area (Å²) < 4.78 is 0. The lowest BCUT2D eigenvalue weighted by Gasteiger charge is -2.02. The lowest BCUT2D eigenvalue weighted by Crippen LogP contribution is -1.85. The van der Waals surface area contributed by atoms with E-state index in [0.717, 1.165) is 6.42 Å². The number of hydrogen-bond donors (Lipinski definition) is 1. The minimum atomic E-state index is 0. The van der Waals surface area contributed by atoms with Gasteiger partial charge in [0.2, 0.25) is 0 Å². The van der Waals surface area contributed by atoms with Crippen molar-refractivity contribution in [1.29, 1.82) is 0 Å². The second-order valence-corrected chi connectivity index (χ2v) is 4.54. The lowest BCUT2D eigenvalue weighted by atomic mass is 10.0. The van der Waals surface area contributed by atoms with Gasteiger partial charge in [-0.15, -0.1) is 0 Å². The van der Waals surface area contributed by atoms with Crippen molar-refractivity contribution in [3.63, 3.8) is 0 Å². The van der Waals surface area contributed by atoms with Gasteiger partial charge in [-0.3, -0.25) is 0 Å². The molecule has 0 bridgehead atoms. The molecule has 94 valence electrons. The van der Waals surface area contributed by atoms with Crippen molar-refractivity contribution in [1.82, 2.24) is 0 Å². The van der Waals surface area contributed by atoms with Crippen molar-refractivity contribution in [2.45, 2.75) is 58.3 Å². The van der Waals surface area contributed by atoms with Crippen LogP contribution in [0, 0.1) is 7.43 Å². The quantitative estimate of drug-likeness (QED) is 0.640. The molecule has 17 heavy (non-hydrogen) atoms. The minimum Gasteiger partial charge on any atom is -0.508 e. The van der Waals surface area contributed by atoms with Crippen molar-refractivity contribution in [2.24, 2.45) is 0 Å². The summed E-state index contributed by atoms with van der Waals surface area (Å²) in [6, 6.07) is 7.59. The van der Waals surface area contributed by atoms with Crippen LogP contribution in [0.15, 0.2) is 24.3 Å². The third kappa shape index (κ3) is 7.84. The molecule has 0 aliphatic carbocycles. The summed E-state index contributed by atoms with van der Waals surface area (Å²) in [5, 5.41) is 9.15. The van der Waals surface area contributed by atoms with E-state index >= 15 is 0 Å². The molecule has 0 aliphatic rings. The zero-order chi connectivity index (χ0) is 11.6. The molecule has 1 aromatic rings. The maximum atomic E-state index is 9.15. The first-order chi connectivity index (χ1) is 7.83. The average Bonchev–Trinajstić information content (AvgIpc) is 2.30. The molecule has 1 N–H and O–H groups in total. The van der Waals surface area contributed by atoms with Crippen molar-refractivity contribution < 1.29 is 5.11 Å². The van der Waals surface area contributed by atoms with Gasteiger partial charge in [0.15, 0.2) is 0 Å². The Kier molecular flexibility index (Phi) is 9.60. The van der Waals surface area contributed by atoms with E-state index in [2.05, 4.69) is 6.92 Å². The molecule has 1 aromatic carbocycles. The van der Waals surface area contributed by atoms with Crippen LogP contribution in [0.5, 0.6) is 5.75 Å². The Morgan fingerprint density at radius 2 is 1.35 bits per heavy atom. The van der Waals surface area contributed by atoms with Gasteiger partial charge in [-0.05, 0) is 30.5 Å². The molecular weight excluding hydrogens is 208 g/mol. The Labute approximate surface area is 107 Å². The fraction of sp³-hybridized carbons (Fsp3) is 0.562. The van der Waals surface area contributed by atoms with E-state index < -0.39 is 0 Å². The van der Waals surface area contributed by atoms with Crippen LogP contribution >= 0.6 is 0 Å². The second kappa shape index (κ2) is 10.2. The van der Waals surface area contributed by atoms with Crippen LogP contribution < -0.4 is 0 Å². The lowest BCUT2D eigenvalue weighted by molar-refractivity contribution is 0.475. The van der Waals surface area contributed by atoms with Crippen LogP contribution in [0.3, 0.4) is 0 Å². The van der Waals surface area contributed by atoms with E-state index in [1.54, 1.807) is 12.1 Å². The highest BCUT2D eigenvalue weighted by Crippen LogP contribution is 2.13. The minimum absolute atomic E-state index is 0. The van der Waals surface area contributed by atoms with Crippen molar-refractivity contribution in [2.75, 3.05) is 0 Å². The molecule has 0 aliphatic heterocycles. The molecule has 0 fully saturated rings. The number of aryl methyl sites for hydroxylation is 1. The molecule has 0 heterocycles. The fourth-order valence-electron chi connectivity index (χ4n) is 1.95. The Morgan fingerprint density at radius 1 is 0.824 bits per heavy atom. The van der Waals surface area contributed by atoms with Crippen LogP contribution in [-0.4, -0.2) is 5.11 Å². The molecular formula is C16H24O. The zero-order valence-corrected chi connectivity index (χ0v) is 10.9. The van der Waals surface area contributed by atoms with Gasteiger partial charge in [-0.1, -0.05) is 57.6 Å². The Morgan fingerprint density at radius 3 is 1.94 bits per heavy atom. The summed E-state index contributed by atoms with van der Waals surface area (Å²) in [6.45, 7) is 2.25. The fourth-order valence-corrected chi connectivity index (χ4v) is 1.95. The van der Waals surface area contributed by atoms with Gasteiger partial charge in [0, 0.05) is 7.43 Å². The summed E-state index contributed by atoms with van der Waals surface area (Å²) in [7, 11) is 0. The van der Waals surface area contributed by atoms with E-state index in [9.17, 15) is 0 Å². The zero-order valence-electron chi connectivity index (χ0n) is 10.9. The summed E-state index contributed by atoms with van der Waals surface area (Å²) >= 11 is 0. The first-order valence-corrected chi connectivity index (χ1v) is 6.61. The van der Waals surface area contributed by atoms with Gasteiger partial charge in [0.1, 0.15) is 5.75 Å². The summed E-state index contributed by atoms with van der Waals surface area (Å²) in [6.07, 6.45) is 10.6. The summed E-state index contributed by atoms with van der Waals surface area (Å²) in [5.41, 5.74) is 1.34. The SMILES string of the molecule is CCCCCCCCCc1ccc(O)cc1.[C]. The molecule has 1 heteroatoms. The van der Waals surface area contributed by atoms with Gasteiger partial charge in [0.05, 0.1) is 0 Å². The number of hydrogen-bond acceptors (Lipinski definition) is 1. The summed E-state index contributed by atoms with van der Waals surface area (Å²) in [5.74, 6) is 0.364. The predicted molar refractivity (Wildman–Crippen MR) is 73.0 cm³/mol. The Bertz CT molecular complexity index is 263. The maximum Gasteiger partial charge on any atom is 0.115 e. The molecule has 0 unspecified atom stereocenters. The van der Waals surface area contributed by atoms with Gasteiger partial charge < -0.3 is 5.11 Å². The normalized spacial score (nSPS) is 9.94. The van der Waals surface area contributed by atoms with E-state index in [-0.39, 0.29) is 7.43 Å². The predicted octanol–water partition coefficient (Wildman–Crippen LogP) is 4.77. The topological polar surface area (TPSA) is 20.2 Å². The van der Waals surface area contributed by atoms with Crippen molar-refractivity contribution >= 4 is 0 Å². The summed E-state index contributed by atoms with van der Waals surface area (Å²) in [4.78, 5) is 0. The second-order valence-electron chi connectivity index (χ2n) is 4.54. The van der Waals surface area contributed by atoms with Gasteiger partial charge in [0.25, 0.3) is 0 Å². The van der Waals surface area contributed by atoms with Gasteiger partial charge in [-0.2, -0.15) is 0 Å². The standard InChI is InChI=1S/C15H24O.C/c1-2-3-4-5-6-7-8-9-14-10-12-15(16)13-11-14;/h10-13,16H,2-9H2,1H3;. The van der Waals surface area contributed by atoms with Crippen LogP contribution in [0.25, 0.3) is 0 Å². The molecule has 0 aromatic heterocycles. The van der Waals surface area contributed by atoms with Crippen molar-refractivity contribution in [3.05, 3.63) is 37.3 Å². The van der Waals surface area contributed by atoms with Gasteiger partial charge >= 0.3 is 0 Å². The van der Waals surface area contributed by atoms with Crippen LogP contribution in [0.4, 0.5) is 0 Å². The molecule has 0 saturated heterocycles. The smallest absolute Gasteiger partial charge is 0.115 e. The highest BCUT2D eigenvalue weighted by Gasteiger charge is 1.94. The molecule has 0 spiro atoms. The number of aromatic hydroxyl groups is 1. The molecule has 1 nitrogen and oxygen atoms in total. The number of benzene rings is 1.